The molecule has 5 nitrogen and oxygen atoms in total. The van der Waals surface area contributed by atoms with Crippen molar-refractivity contribution in [2.75, 3.05) is 26.3 Å². The second-order valence-corrected chi connectivity index (χ2v) is 7.93. The van der Waals surface area contributed by atoms with Gasteiger partial charge in [-0.25, -0.2) is 8.42 Å². The fourth-order valence-corrected chi connectivity index (χ4v) is 3.84. The zero-order chi connectivity index (χ0) is 14.9. The Kier molecular flexibility index (Phi) is 4.28. The molecule has 0 aliphatic carbocycles. The molecule has 1 aromatic carbocycles. The van der Waals surface area contributed by atoms with Gasteiger partial charge in [0.2, 0.25) is 0 Å². The Bertz CT molecular complexity index is 626. The molecule has 0 unspecified atom stereocenters. The summed E-state index contributed by atoms with van der Waals surface area (Å²) in [5.41, 5.74) is 0.889. The third kappa shape index (κ3) is 3.44. The summed E-state index contributed by atoms with van der Waals surface area (Å²) in [5, 5.41) is 0. The molecule has 1 fully saturated rings. The van der Waals surface area contributed by atoms with Crippen molar-refractivity contribution >= 4 is 19.7 Å². The van der Waals surface area contributed by atoms with E-state index in [-0.39, 0.29) is 10.6 Å². The monoisotopic (exact) mass is 331 g/mol. The van der Waals surface area contributed by atoms with Crippen LogP contribution >= 0.6 is 10.7 Å². The lowest BCUT2D eigenvalue weighted by atomic mass is 10.1. The first kappa shape index (κ1) is 14.9. The normalized spacial score (nSPS) is 19.5. The molecule has 0 N–H and O–H groups in total. The van der Waals surface area contributed by atoms with Gasteiger partial charge in [0.05, 0.1) is 0 Å². The van der Waals surface area contributed by atoms with Gasteiger partial charge in [0, 0.05) is 17.2 Å². The summed E-state index contributed by atoms with van der Waals surface area (Å²) in [6.45, 7) is 3.53. The van der Waals surface area contributed by atoms with Gasteiger partial charge >= 0.3 is 0 Å². The fraction of sp³-hybridized carbons (Fsp3) is 0.571. The van der Waals surface area contributed by atoms with Crippen LogP contribution in [0.15, 0.2) is 17.0 Å². The molecule has 3 rings (SSSR count). The molecule has 0 spiro atoms. The molecule has 1 aromatic rings. The molecule has 116 valence electrons. The first-order chi connectivity index (χ1) is 10.0. The van der Waals surface area contributed by atoms with Crippen molar-refractivity contribution < 1.29 is 17.9 Å². The standard InChI is InChI=1S/C14H18ClNO4S/c15-21(17,18)13-9-11(10-16-4-2-1-3-5-16)8-12-14(13)20-7-6-19-12/h8-9H,1-7,10H2. The highest BCUT2D eigenvalue weighted by atomic mass is 35.7. The topological polar surface area (TPSA) is 55.8 Å². The second-order valence-electron chi connectivity index (χ2n) is 5.39. The molecule has 2 aliphatic rings. The third-order valence-electron chi connectivity index (χ3n) is 3.79. The van der Waals surface area contributed by atoms with Crippen molar-refractivity contribution in [2.24, 2.45) is 0 Å². The van der Waals surface area contributed by atoms with Crippen LogP contribution in [0.25, 0.3) is 0 Å². The summed E-state index contributed by atoms with van der Waals surface area (Å²) in [6, 6.07) is 3.46. The zero-order valence-corrected chi connectivity index (χ0v) is 13.3. The minimum atomic E-state index is -3.86. The molecule has 0 saturated carbocycles. The fourth-order valence-electron chi connectivity index (χ4n) is 2.82. The van der Waals surface area contributed by atoms with Gasteiger partial charge in [-0.3, -0.25) is 4.90 Å². The molecule has 0 bridgehead atoms. The highest BCUT2D eigenvalue weighted by Gasteiger charge is 2.25. The van der Waals surface area contributed by atoms with Gasteiger partial charge in [-0.05, 0) is 43.6 Å². The van der Waals surface area contributed by atoms with E-state index in [4.69, 9.17) is 20.2 Å². The molecule has 2 heterocycles. The second kappa shape index (κ2) is 6.02. The molecule has 0 radical (unpaired) electrons. The number of ether oxygens (including phenoxy) is 2. The molecule has 21 heavy (non-hydrogen) atoms. The van der Waals surface area contributed by atoms with Crippen LogP contribution in [0.2, 0.25) is 0 Å². The van der Waals surface area contributed by atoms with E-state index in [0.717, 1.165) is 18.7 Å². The molecule has 7 heteroatoms. The summed E-state index contributed by atoms with van der Waals surface area (Å²) < 4.78 is 34.5. The van der Waals surface area contributed by atoms with Gasteiger partial charge in [-0.15, -0.1) is 0 Å². The number of piperidine rings is 1. The Morgan fingerprint density at radius 1 is 1.10 bits per heavy atom. The molecule has 0 amide bonds. The summed E-state index contributed by atoms with van der Waals surface area (Å²) in [7, 11) is 1.67. The zero-order valence-electron chi connectivity index (χ0n) is 11.7. The maximum absolute atomic E-state index is 11.8. The number of hydrogen-bond acceptors (Lipinski definition) is 5. The van der Waals surface area contributed by atoms with Gasteiger partial charge in [-0.1, -0.05) is 6.42 Å². The van der Waals surface area contributed by atoms with E-state index in [1.807, 2.05) is 6.07 Å². The van der Waals surface area contributed by atoms with Crippen LogP contribution in [-0.2, 0) is 15.6 Å². The number of hydrogen-bond donors (Lipinski definition) is 0. The van der Waals surface area contributed by atoms with Gasteiger partial charge in [0.15, 0.2) is 11.5 Å². The highest BCUT2D eigenvalue weighted by Crippen LogP contribution is 2.39. The summed E-state index contributed by atoms with van der Waals surface area (Å²) in [4.78, 5) is 2.33. The van der Waals surface area contributed by atoms with Crippen molar-refractivity contribution in [3.05, 3.63) is 17.7 Å². The van der Waals surface area contributed by atoms with Crippen LogP contribution in [0.4, 0.5) is 0 Å². The summed E-state index contributed by atoms with van der Waals surface area (Å²) in [5.74, 6) is 0.702. The van der Waals surface area contributed by atoms with Crippen LogP contribution in [0.3, 0.4) is 0 Å². The van der Waals surface area contributed by atoms with Crippen LogP contribution in [-0.4, -0.2) is 39.6 Å². The average molecular weight is 332 g/mol. The van der Waals surface area contributed by atoms with E-state index in [2.05, 4.69) is 4.90 Å². The number of rotatable bonds is 3. The quantitative estimate of drug-likeness (QED) is 0.796. The lowest BCUT2D eigenvalue weighted by Gasteiger charge is -2.27. The molecule has 2 aliphatic heterocycles. The Morgan fingerprint density at radius 2 is 1.81 bits per heavy atom. The number of likely N-dealkylation sites (tertiary alicyclic amines) is 1. The van der Waals surface area contributed by atoms with Crippen LogP contribution < -0.4 is 9.47 Å². The van der Waals surface area contributed by atoms with E-state index in [1.54, 1.807) is 6.07 Å². The van der Waals surface area contributed by atoms with Crippen LogP contribution in [0.1, 0.15) is 24.8 Å². The van der Waals surface area contributed by atoms with E-state index in [0.29, 0.717) is 25.5 Å². The number of benzene rings is 1. The van der Waals surface area contributed by atoms with E-state index >= 15 is 0 Å². The maximum Gasteiger partial charge on any atom is 0.265 e. The van der Waals surface area contributed by atoms with Crippen LogP contribution in [0, 0.1) is 0 Å². The average Bonchev–Trinajstić information content (AvgIpc) is 2.46. The molecule has 0 aromatic heterocycles. The molecular formula is C14H18ClNO4S. The third-order valence-corrected chi connectivity index (χ3v) is 5.11. The first-order valence-electron chi connectivity index (χ1n) is 7.13. The Labute approximate surface area is 129 Å². The number of halogens is 1. The van der Waals surface area contributed by atoms with E-state index in [9.17, 15) is 8.42 Å². The van der Waals surface area contributed by atoms with Gasteiger partial charge < -0.3 is 9.47 Å². The van der Waals surface area contributed by atoms with Crippen molar-refractivity contribution in [3.8, 4) is 11.5 Å². The predicted molar refractivity (Wildman–Crippen MR) is 79.6 cm³/mol. The van der Waals surface area contributed by atoms with Gasteiger partial charge in [0.25, 0.3) is 9.05 Å². The summed E-state index contributed by atoms with van der Waals surface area (Å²) >= 11 is 0. The van der Waals surface area contributed by atoms with Gasteiger partial charge in [-0.2, -0.15) is 0 Å². The lowest BCUT2D eigenvalue weighted by molar-refractivity contribution is 0.166. The van der Waals surface area contributed by atoms with Crippen molar-refractivity contribution in [3.63, 3.8) is 0 Å². The van der Waals surface area contributed by atoms with Crippen LogP contribution in [0.5, 0.6) is 11.5 Å². The maximum atomic E-state index is 11.8. The highest BCUT2D eigenvalue weighted by molar-refractivity contribution is 8.13. The first-order valence-corrected chi connectivity index (χ1v) is 9.44. The van der Waals surface area contributed by atoms with Crippen molar-refractivity contribution in [1.82, 2.24) is 4.90 Å². The summed E-state index contributed by atoms with van der Waals surface area (Å²) in [6.07, 6.45) is 3.63. The lowest BCUT2D eigenvalue weighted by Crippen LogP contribution is -2.29. The Balaban J connectivity index is 1.94. The number of nitrogens with zero attached hydrogens (tertiary/aromatic N) is 1. The van der Waals surface area contributed by atoms with Gasteiger partial charge in [0.1, 0.15) is 18.1 Å². The Morgan fingerprint density at radius 3 is 2.52 bits per heavy atom. The smallest absolute Gasteiger partial charge is 0.265 e. The van der Waals surface area contributed by atoms with Crippen molar-refractivity contribution in [1.29, 1.82) is 0 Å². The SMILES string of the molecule is O=S(=O)(Cl)c1cc(CN2CCCCC2)cc2c1OCCO2. The Hall–Kier alpha value is -0.980. The molecule has 1 saturated heterocycles. The predicted octanol–water partition coefficient (Wildman–Crippen LogP) is 2.37. The van der Waals surface area contributed by atoms with E-state index < -0.39 is 9.05 Å². The molecule has 0 atom stereocenters. The van der Waals surface area contributed by atoms with Crippen molar-refractivity contribution in [2.45, 2.75) is 30.7 Å². The van der Waals surface area contributed by atoms with E-state index in [1.165, 1.54) is 19.3 Å². The minimum Gasteiger partial charge on any atom is -0.486 e. The molecular weight excluding hydrogens is 314 g/mol. The number of fused-ring (bicyclic) bond motifs is 1. The minimum absolute atomic E-state index is 0.00776. The largest absolute Gasteiger partial charge is 0.486 e.